The number of carbonyl (C=O) groups is 2. The van der Waals surface area contributed by atoms with Crippen LogP contribution in [0.2, 0.25) is 0 Å². The van der Waals surface area contributed by atoms with E-state index >= 15 is 0 Å². The van der Waals surface area contributed by atoms with Crippen molar-refractivity contribution in [3.8, 4) is 0 Å². The Kier molecular flexibility index (Phi) is 5.90. The van der Waals surface area contributed by atoms with Crippen LogP contribution in [0.25, 0.3) is 6.08 Å². The molecule has 1 amide bonds. The fourth-order valence-corrected chi connectivity index (χ4v) is 2.93. The van der Waals surface area contributed by atoms with Crippen LogP contribution in [0.3, 0.4) is 0 Å². The van der Waals surface area contributed by atoms with Gasteiger partial charge in [-0.15, -0.1) is 0 Å². The number of hydrogen-bond donors (Lipinski definition) is 1. The lowest BCUT2D eigenvalue weighted by Gasteiger charge is -2.33. The Hall–Kier alpha value is -2.17. The van der Waals surface area contributed by atoms with Gasteiger partial charge in [0, 0.05) is 25.1 Å². The molecule has 5 heteroatoms. The predicted molar refractivity (Wildman–Crippen MR) is 86.2 cm³/mol. The van der Waals surface area contributed by atoms with Gasteiger partial charge in [-0.1, -0.05) is 12.1 Å². The minimum Gasteiger partial charge on any atom is -0.481 e. The Balaban J connectivity index is 1.98. The molecule has 124 valence electrons. The van der Waals surface area contributed by atoms with Crippen molar-refractivity contribution >= 4 is 18.0 Å². The number of rotatable bonds is 5. The summed E-state index contributed by atoms with van der Waals surface area (Å²) in [7, 11) is 0. The second-order valence-electron chi connectivity index (χ2n) is 6.07. The van der Waals surface area contributed by atoms with Crippen molar-refractivity contribution in [3.05, 3.63) is 41.2 Å². The summed E-state index contributed by atoms with van der Waals surface area (Å²) in [5, 5.41) is 8.77. The molecule has 0 spiro atoms. The zero-order valence-corrected chi connectivity index (χ0v) is 13.3. The number of piperidine rings is 1. The molecule has 1 aromatic carbocycles. The first-order chi connectivity index (χ1) is 11.0. The summed E-state index contributed by atoms with van der Waals surface area (Å²) in [5.41, 5.74) is 1.40. The third-order valence-corrected chi connectivity index (χ3v) is 4.16. The highest BCUT2D eigenvalue weighted by atomic mass is 19.1. The summed E-state index contributed by atoms with van der Waals surface area (Å²) in [4.78, 5) is 25.0. The summed E-state index contributed by atoms with van der Waals surface area (Å²) in [6.45, 7) is 3.07. The highest BCUT2D eigenvalue weighted by Crippen LogP contribution is 2.22. The summed E-state index contributed by atoms with van der Waals surface area (Å²) >= 11 is 0. The molecule has 23 heavy (non-hydrogen) atoms. The number of carboxylic acid groups (broad SMARTS) is 1. The Morgan fingerprint density at radius 2 is 2.04 bits per heavy atom. The molecular formula is C18H22FNO3. The van der Waals surface area contributed by atoms with E-state index in [-0.39, 0.29) is 24.1 Å². The summed E-state index contributed by atoms with van der Waals surface area (Å²) in [6.07, 6.45) is 4.39. The molecular weight excluding hydrogens is 297 g/mol. The number of nitrogens with zero attached hydrogens (tertiary/aromatic N) is 1. The Bertz CT molecular complexity index is 595. The van der Waals surface area contributed by atoms with Crippen molar-refractivity contribution in [2.24, 2.45) is 5.92 Å². The molecule has 0 aliphatic carbocycles. The van der Waals surface area contributed by atoms with Gasteiger partial charge < -0.3 is 10.0 Å². The topological polar surface area (TPSA) is 57.6 Å². The van der Waals surface area contributed by atoms with E-state index in [0.29, 0.717) is 25.1 Å². The van der Waals surface area contributed by atoms with E-state index in [1.54, 1.807) is 30.0 Å². The highest BCUT2D eigenvalue weighted by molar-refractivity contribution is 5.97. The zero-order chi connectivity index (χ0) is 16.8. The van der Waals surface area contributed by atoms with Crippen molar-refractivity contribution in [3.63, 3.8) is 0 Å². The molecule has 1 unspecified atom stereocenters. The second-order valence-corrected chi connectivity index (χ2v) is 6.07. The average molecular weight is 319 g/mol. The number of benzene rings is 1. The van der Waals surface area contributed by atoms with E-state index in [4.69, 9.17) is 5.11 Å². The van der Waals surface area contributed by atoms with Crippen LogP contribution in [0.15, 0.2) is 29.8 Å². The molecule has 0 aromatic heterocycles. The number of likely N-dealkylation sites (tertiary alicyclic amines) is 1. The lowest BCUT2D eigenvalue weighted by molar-refractivity contribution is -0.137. The van der Waals surface area contributed by atoms with E-state index in [1.807, 2.05) is 0 Å². The lowest BCUT2D eigenvalue weighted by Crippen LogP contribution is -2.40. The molecule has 1 N–H and O–H groups in total. The molecule has 1 heterocycles. The van der Waals surface area contributed by atoms with Gasteiger partial charge in [0.1, 0.15) is 5.82 Å². The van der Waals surface area contributed by atoms with Gasteiger partial charge in [0.25, 0.3) is 0 Å². The lowest BCUT2D eigenvalue weighted by atomic mass is 9.93. The van der Waals surface area contributed by atoms with E-state index < -0.39 is 5.97 Å². The van der Waals surface area contributed by atoms with Crippen LogP contribution in [0.5, 0.6) is 0 Å². The normalized spacial score (nSPS) is 18.8. The van der Waals surface area contributed by atoms with Crippen LogP contribution in [0.4, 0.5) is 4.39 Å². The number of carbonyl (C=O) groups excluding carboxylic acids is 1. The standard InChI is InChI=1S/C18H22FNO3/c1-13(11-14-4-7-16(19)8-5-14)18(23)20-10-2-3-15(12-20)6-9-17(21)22/h4-5,7-8,11,15H,2-3,6,9-10,12H2,1H3,(H,21,22). The van der Waals surface area contributed by atoms with Crippen molar-refractivity contribution < 1.29 is 19.1 Å². The minimum absolute atomic E-state index is 0.0330. The summed E-state index contributed by atoms with van der Waals surface area (Å²) in [6, 6.07) is 6.01. The molecule has 1 atom stereocenters. The maximum absolute atomic E-state index is 12.9. The molecule has 0 bridgehead atoms. The zero-order valence-electron chi connectivity index (χ0n) is 13.3. The van der Waals surface area contributed by atoms with Crippen molar-refractivity contribution in [2.75, 3.05) is 13.1 Å². The van der Waals surface area contributed by atoms with E-state index in [0.717, 1.165) is 18.4 Å². The van der Waals surface area contributed by atoms with Crippen molar-refractivity contribution in [1.29, 1.82) is 0 Å². The number of amides is 1. The third-order valence-electron chi connectivity index (χ3n) is 4.16. The van der Waals surface area contributed by atoms with Crippen molar-refractivity contribution in [1.82, 2.24) is 4.90 Å². The van der Waals surface area contributed by atoms with Crippen LogP contribution < -0.4 is 0 Å². The SMILES string of the molecule is CC(=Cc1ccc(F)cc1)C(=O)N1CCCC(CCC(=O)O)C1. The monoisotopic (exact) mass is 319 g/mol. The third kappa shape index (κ3) is 5.20. The molecule has 0 radical (unpaired) electrons. The van der Waals surface area contributed by atoms with Gasteiger partial charge in [0.05, 0.1) is 0 Å². The first-order valence-electron chi connectivity index (χ1n) is 7.90. The van der Waals surface area contributed by atoms with Gasteiger partial charge in [-0.2, -0.15) is 0 Å². The first-order valence-corrected chi connectivity index (χ1v) is 7.90. The molecule has 1 aliphatic heterocycles. The van der Waals surface area contributed by atoms with Gasteiger partial charge in [-0.25, -0.2) is 4.39 Å². The van der Waals surface area contributed by atoms with Crippen LogP contribution in [0, 0.1) is 11.7 Å². The molecule has 1 aromatic rings. The van der Waals surface area contributed by atoms with Gasteiger partial charge in [0.15, 0.2) is 0 Å². The predicted octanol–water partition coefficient (Wildman–Crippen LogP) is 3.33. The van der Waals surface area contributed by atoms with E-state index in [1.165, 1.54) is 12.1 Å². The summed E-state index contributed by atoms with van der Waals surface area (Å²) in [5.74, 6) is -0.874. The number of aliphatic carboxylic acids is 1. The highest BCUT2D eigenvalue weighted by Gasteiger charge is 2.24. The Morgan fingerprint density at radius 3 is 2.70 bits per heavy atom. The number of hydrogen-bond acceptors (Lipinski definition) is 2. The smallest absolute Gasteiger partial charge is 0.303 e. The summed E-state index contributed by atoms with van der Waals surface area (Å²) < 4.78 is 12.9. The van der Waals surface area contributed by atoms with Crippen LogP contribution >= 0.6 is 0 Å². The molecule has 0 saturated carbocycles. The average Bonchev–Trinajstić information content (AvgIpc) is 2.54. The fraction of sp³-hybridized carbons (Fsp3) is 0.444. The first kappa shape index (κ1) is 17.2. The number of halogens is 1. The quantitative estimate of drug-likeness (QED) is 0.847. The maximum Gasteiger partial charge on any atom is 0.303 e. The van der Waals surface area contributed by atoms with Crippen molar-refractivity contribution in [2.45, 2.75) is 32.6 Å². The molecule has 2 rings (SSSR count). The molecule has 1 aliphatic rings. The number of carboxylic acids is 1. The maximum atomic E-state index is 12.9. The molecule has 1 fully saturated rings. The fourth-order valence-electron chi connectivity index (χ4n) is 2.93. The van der Waals surface area contributed by atoms with Gasteiger partial charge in [-0.05, 0) is 55.9 Å². The Labute approximate surface area is 135 Å². The van der Waals surface area contributed by atoms with E-state index in [2.05, 4.69) is 0 Å². The van der Waals surface area contributed by atoms with Crippen LogP contribution in [-0.4, -0.2) is 35.0 Å². The molecule has 4 nitrogen and oxygen atoms in total. The van der Waals surface area contributed by atoms with Gasteiger partial charge >= 0.3 is 5.97 Å². The minimum atomic E-state index is -0.791. The van der Waals surface area contributed by atoms with Gasteiger partial charge in [0.2, 0.25) is 5.91 Å². The Morgan fingerprint density at radius 1 is 1.35 bits per heavy atom. The second kappa shape index (κ2) is 7.90. The molecule has 1 saturated heterocycles. The van der Waals surface area contributed by atoms with Crippen LogP contribution in [-0.2, 0) is 9.59 Å². The van der Waals surface area contributed by atoms with Crippen LogP contribution in [0.1, 0.15) is 38.2 Å². The van der Waals surface area contributed by atoms with E-state index in [9.17, 15) is 14.0 Å². The largest absolute Gasteiger partial charge is 0.481 e. The van der Waals surface area contributed by atoms with Gasteiger partial charge in [-0.3, -0.25) is 9.59 Å².